The fraction of sp³-hybridized carbons (Fsp3) is 0.286. The molecule has 6 nitrogen and oxygen atoms in total. The summed E-state index contributed by atoms with van der Waals surface area (Å²) in [7, 11) is 1.23. The van der Waals surface area contributed by atoms with Crippen LogP contribution in [0.5, 0.6) is 5.75 Å². The number of rotatable bonds is 6. The van der Waals surface area contributed by atoms with Crippen LogP contribution < -0.4 is 11.1 Å². The van der Waals surface area contributed by atoms with E-state index in [9.17, 15) is 14.7 Å². The number of phenolic OH excluding ortho intramolecular Hbond substituents is 1. The van der Waals surface area contributed by atoms with Crippen molar-refractivity contribution >= 4 is 29.6 Å². The average Bonchev–Trinajstić information content (AvgIpc) is 2.47. The lowest BCUT2D eigenvalue weighted by atomic mass is 9.99. The molecule has 1 atom stereocenters. The van der Waals surface area contributed by atoms with Crippen molar-refractivity contribution in [3.05, 3.63) is 34.9 Å². The van der Waals surface area contributed by atoms with E-state index in [2.05, 4.69) is 16.6 Å². The van der Waals surface area contributed by atoms with Crippen LogP contribution in [0.2, 0.25) is 5.02 Å². The number of aromatic hydroxyl groups is 1. The Bertz CT molecular complexity index is 542. The summed E-state index contributed by atoms with van der Waals surface area (Å²) in [5.41, 5.74) is 5.95. The molecular formula is C14H17ClN2O4. The number of amides is 1. The predicted octanol–water partition coefficient (Wildman–Crippen LogP) is 1.37. The van der Waals surface area contributed by atoms with Crippen LogP contribution in [-0.4, -0.2) is 30.6 Å². The number of benzene rings is 1. The van der Waals surface area contributed by atoms with Crippen LogP contribution in [0, 0.1) is 0 Å². The van der Waals surface area contributed by atoms with Crippen LogP contribution in [0.15, 0.2) is 18.7 Å². The number of phenols is 1. The number of carbonyl (C=O) groups is 2. The van der Waals surface area contributed by atoms with Gasteiger partial charge in [0.2, 0.25) is 5.91 Å². The molecule has 114 valence electrons. The van der Waals surface area contributed by atoms with Gasteiger partial charge in [-0.3, -0.25) is 9.59 Å². The summed E-state index contributed by atoms with van der Waals surface area (Å²) in [6.45, 7) is 3.33. The number of nitrogens with one attached hydrogen (secondary N) is 1. The van der Waals surface area contributed by atoms with Crippen LogP contribution in [0.3, 0.4) is 0 Å². The summed E-state index contributed by atoms with van der Waals surface area (Å²) in [6.07, 6.45) is 1.26. The molecule has 1 aromatic rings. The van der Waals surface area contributed by atoms with E-state index in [4.69, 9.17) is 17.3 Å². The predicted molar refractivity (Wildman–Crippen MR) is 79.8 cm³/mol. The Morgan fingerprint density at radius 1 is 1.57 bits per heavy atom. The third-order valence-electron chi connectivity index (χ3n) is 2.85. The van der Waals surface area contributed by atoms with E-state index in [1.807, 2.05) is 0 Å². The molecule has 0 bridgehead atoms. The number of ether oxygens (including phenoxy) is 1. The molecule has 0 saturated heterocycles. The maximum absolute atomic E-state index is 11.5. The molecule has 1 unspecified atom stereocenters. The molecule has 0 saturated carbocycles. The molecule has 0 heterocycles. The summed E-state index contributed by atoms with van der Waals surface area (Å²) in [5.74, 6) is -1.12. The van der Waals surface area contributed by atoms with E-state index < -0.39 is 17.9 Å². The summed E-state index contributed by atoms with van der Waals surface area (Å²) in [4.78, 5) is 23.0. The number of hydrogen-bond acceptors (Lipinski definition) is 5. The van der Waals surface area contributed by atoms with Crippen molar-refractivity contribution in [1.82, 2.24) is 5.32 Å². The Hall–Kier alpha value is -2.05. The van der Waals surface area contributed by atoms with Gasteiger partial charge in [0.05, 0.1) is 26.1 Å². The number of methoxy groups -OCH3 is 1. The van der Waals surface area contributed by atoms with E-state index in [1.54, 1.807) is 0 Å². The standard InChI is InChI=1S/C14H17ClN2O4/c1-3-8-4-9(15)5-10(14(8)20)11(6-13(19)21-2)17-12(18)7-16/h3-5,11,20H,1,6-7,16H2,2H3,(H,17,18). The van der Waals surface area contributed by atoms with Gasteiger partial charge in [-0.1, -0.05) is 24.3 Å². The van der Waals surface area contributed by atoms with Crippen LogP contribution >= 0.6 is 11.6 Å². The normalized spacial score (nSPS) is 11.6. The van der Waals surface area contributed by atoms with Crippen molar-refractivity contribution in [2.45, 2.75) is 12.5 Å². The Labute approximate surface area is 127 Å². The van der Waals surface area contributed by atoms with Gasteiger partial charge in [-0.05, 0) is 12.1 Å². The lowest BCUT2D eigenvalue weighted by Crippen LogP contribution is -2.35. The fourth-order valence-corrected chi connectivity index (χ4v) is 2.04. The maximum Gasteiger partial charge on any atom is 0.307 e. The van der Waals surface area contributed by atoms with E-state index in [0.29, 0.717) is 16.1 Å². The number of esters is 1. The molecule has 21 heavy (non-hydrogen) atoms. The second-order valence-corrected chi connectivity index (χ2v) is 4.68. The van der Waals surface area contributed by atoms with Crippen LogP contribution in [0.25, 0.3) is 6.08 Å². The van der Waals surface area contributed by atoms with Gasteiger partial charge in [0, 0.05) is 16.1 Å². The molecule has 0 fully saturated rings. The lowest BCUT2D eigenvalue weighted by molar-refractivity contribution is -0.141. The summed E-state index contributed by atoms with van der Waals surface area (Å²) in [5, 5.41) is 13.1. The molecule has 0 aliphatic rings. The zero-order valence-corrected chi connectivity index (χ0v) is 12.3. The third-order valence-corrected chi connectivity index (χ3v) is 3.07. The van der Waals surface area contributed by atoms with Crippen LogP contribution in [0.4, 0.5) is 0 Å². The molecule has 1 aromatic carbocycles. The molecule has 0 aromatic heterocycles. The molecule has 0 radical (unpaired) electrons. The summed E-state index contributed by atoms with van der Waals surface area (Å²) >= 11 is 5.97. The number of carbonyl (C=O) groups excluding carboxylic acids is 2. The highest BCUT2D eigenvalue weighted by atomic mass is 35.5. The highest BCUT2D eigenvalue weighted by Crippen LogP contribution is 2.33. The van der Waals surface area contributed by atoms with E-state index in [1.165, 1.54) is 25.3 Å². The van der Waals surface area contributed by atoms with Crippen LogP contribution in [-0.2, 0) is 14.3 Å². The lowest BCUT2D eigenvalue weighted by Gasteiger charge is -2.20. The number of nitrogens with two attached hydrogens (primary N) is 1. The minimum Gasteiger partial charge on any atom is -0.507 e. The van der Waals surface area contributed by atoms with Crippen molar-refractivity contribution < 1.29 is 19.4 Å². The van der Waals surface area contributed by atoms with Crippen molar-refractivity contribution in [1.29, 1.82) is 0 Å². The highest BCUT2D eigenvalue weighted by Gasteiger charge is 2.23. The maximum atomic E-state index is 11.5. The number of hydrogen-bond donors (Lipinski definition) is 3. The van der Waals surface area contributed by atoms with Gasteiger partial charge in [0.1, 0.15) is 5.75 Å². The zero-order valence-electron chi connectivity index (χ0n) is 11.6. The van der Waals surface area contributed by atoms with Gasteiger partial charge in [-0.25, -0.2) is 0 Å². The highest BCUT2D eigenvalue weighted by molar-refractivity contribution is 6.30. The Morgan fingerprint density at radius 3 is 2.76 bits per heavy atom. The van der Waals surface area contributed by atoms with E-state index >= 15 is 0 Å². The molecule has 0 aliphatic carbocycles. The first kappa shape index (κ1) is 17.0. The minimum atomic E-state index is -0.800. The summed E-state index contributed by atoms with van der Waals surface area (Å²) in [6, 6.07) is 2.19. The summed E-state index contributed by atoms with van der Waals surface area (Å²) < 4.78 is 4.59. The van der Waals surface area contributed by atoms with Gasteiger partial charge in [0.25, 0.3) is 0 Å². The largest absolute Gasteiger partial charge is 0.507 e. The topological polar surface area (TPSA) is 102 Å². The molecule has 0 aliphatic heterocycles. The molecule has 1 rings (SSSR count). The fourth-order valence-electron chi connectivity index (χ4n) is 1.81. The zero-order chi connectivity index (χ0) is 16.0. The second kappa shape index (κ2) is 7.66. The van der Waals surface area contributed by atoms with Gasteiger partial charge in [-0.15, -0.1) is 0 Å². The minimum absolute atomic E-state index is 0.111. The smallest absolute Gasteiger partial charge is 0.307 e. The molecule has 7 heteroatoms. The van der Waals surface area contributed by atoms with E-state index in [0.717, 1.165) is 0 Å². The quantitative estimate of drug-likeness (QED) is 0.689. The van der Waals surface area contributed by atoms with Crippen molar-refractivity contribution in [3.8, 4) is 5.75 Å². The van der Waals surface area contributed by atoms with Crippen molar-refractivity contribution in [2.75, 3.05) is 13.7 Å². The van der Waals surface area contributed by atoms with Gasteiger partial charge < -0.3 is 20.9 Å². The Kier molecular flexibility index (Phi) is 6.20. The van der Waals surface area contributed by atoms with Gasteiger partial charge >= 0.3 is 5.97 Å². The monoisotopic (exact) mass is 312 g/mol. The SMILES string of the molecule is C=Cc1cc(Cl)cc(C(CC(=O)OC)NC(=O)CN)c1O. The Balaban J connectivity index is 3.24. The molecule has 4 N–H and O–H groups in total. The first-order chi connectivity index (χ1) is 9.92. The molecular weight excluding hydrogens is 296 g/mol. The molecule has 0 spiro atoms. The number of halogens is 1. The Morgan fingerprint density at radius 2 is 2.24 bits per heavy atom. The average molecular weight is 313 g/mol. The van der Waals surface area contributed by atoms with Crippen LogP contribution in [0.1, 0.15) is 23.6 Å². The van der Waals surface area contributed by atoms with Gasteiger partial charge in [0.15, 0.2) is 0 Å². The first-order valence-corrected chi connectivity index (χ1v) is 6.51. The van der Waals surface area contributed by atoms with Crippen molar-refractivity contribution in [3.63, 3.8) is 0 Å². The second-order valence-electron chi connectivity index (χ2n) is 4.24. The van der Waals surface area contributed by atoms with Crippen molar-refractivity contribution in [2.24, 2.45) is 5.73 Å². The third kappa shape index (κ3) is 4.47. The van der Waals surface area contributed by atoms with Gasteiger partial charge in [-0.2, -0.15) is 0 Å². The molecule has 1 amide bonds. The van der Waals surface area contributed by atoms with E-state index in [-0.39, 0.29) is 18.7 Å². The first-order valence-electron chi connectivity index (χ1n) is 6.14.